The minimum atomic E-state index is 0.139. The zero-order valence-corrected chi connectivity index (χ0v) is 15.3. The van der Waals surface area contributed by atoms with E-state index in [-0.39, 0.29) is 6.04 Å². The molecule has 1 aromatic carbocycles. The van der Waals surface area contributed by atoms with Gasteiger partial charge < -0.3 is 14.8 Å². The normalized spacial score (nSPS) is 12.3. The molecule has 0 saturated carbocycles. The van der Waals surface area contributed by atoms with Crippen LogP contribution in [0.4, 0.5) is 0 Å². The second-order valence-electron chi connectivity index (χ2n) is 4.89. The van der Waals surface area contributed by atoms with Crippen LogP contribution in [0.25, 0.3) is 0 Å². The SMILES string of the molecule is CNC(c1cc(C)c(Br)s1)c1cc(OC)c(OC)cc1C. The molecular formula is C16H20BrNO2S. The van der Waals surface area contributed by atoms with E-state index in [4.69, 9.17) is 9.47 Å². The van der Waals surface area contributed by atoms with Gasteiger partial charge in [-0.15, -0.1) is 11.3 Å². The van der Waals surface area contributed by atoms with E-state index in [2.05, 4.69) is 47.2 Å². The smallest absolute Gasteiger partial charge is 0.161 e. The number of halogens is 1. The Morgan fingerprint density at radius 3 is 2.14 bits per heavy atom. The van der Waals surface area contributed by atoms with Crippen LogP contribution in [0.15, 0.2) is 22.0 Å². The molecule has 2 aromatic rings. The van der Waals surface area contributed by atoms with Gasteiger partial charge in [-0.2, -0.15) is 0 Å². The van der Waals surface area contributed by atoms with Crippen LogP contribution in [0.1, 0.15) is 27.6 Å². The average Bonchev–Trinajstić information content (AvgIpc) is 2.80. The van der Waals surface area contributed by atoms with Crippen molar-refractivity contribution in [2.75, 3.05) is 21.3 Å². The molecule has 1 aromatic heterocycles. The molecule has 3 nitrogen and oxygen atoms in total. The quantitative estimate of drug-likeness (QED) is 0.843. The highest BCUT2D eigenvalue weighted by Gasteiger charge is 2.20. The number of thiophene rings is 1. The van der Waals surface area contributed by atoms with Crippen molar-refractivity contribution < 1.29 is 9.47 Å². The fraction of sp³-hybridized carbons (Fsp3) is 0.375. The number of hydrogen-bond donors (Lipinski definition) is 1. The summed E-state index contributed by atoms with van der Waals surface area (Å²) in [6.45, 7) is 4.20. The summed E-state index contributed by atoms with van der Waals surface area (Å²) in [4.78, 5) is 1.28. The van der Waals surface area contributed by atoms with E-state index in [1.54, 1.807) is 25.6 Å². The highest BCUT2D eigenvalue weighted by atomic mass is 79.9. The maximum Gasteiger partial charge on any atom is 0.161 e. The Morgan fingerprint density at radius 1 is 1.05 bits per heavy atom. The predicted molar refractivity (Wildman–Crippen MR) is 91.9 cm³/mol. The topological polar surface area (TPSA) is 30.5 Å². The highest BCUT2D eigenvalue weighted by Crippen LogP contribution is 2.38. The fourth-order valence-corrected chi connectivity index (χ4v) is 4.08. The van der Waals surface area contributed by atoms with Crippen LogP contribution >= 0.6 is 27.3 Å². The minimum absolute atomic E-state index is 0.139. The maximum atomic E-state index is 5.43. The molecule has 0 spiro atoms. The highest BCUT2D eigenvalue weighted by molar-refractivity contribution is 9.11. The van der Waals surface area contributed by atoms with Gasteiger partial charge in [-0.05, 0) is 71.7 Å². The van der Waals surface area contributed by atoms with E-state index in [9.17, 15) is 0 Å². The Morgan fingerprint density at radius 2 is 1.67 bits per heavy atom. The lowest BCUT2D eigenvalue weighted by Gasteiger charge is -2.20. The van der Waals surface area contributed by atoms with Gasteiger partial charge in [0.05, 0.1) is 24.0 Å². The Kier molecular flexibility index (Phi) is 5.30. The Bertz CT molecular complexity index is 620. The van der Waals surface area contributed by atoms with Gasteiger partial charge in [0.15, 0.2) is 11.5 Å². The van der Waals surface area contributed by atoms with Gasteiger partial charge in [0, 0.05) is 4.88 Å². The molecule has 114 valence electrons. The minimum Gasteiger partial charge on any atom is -0.493 e. The summed E-state index contributed by atoms with van der Waals surface area (Å²) in [5.41, 5.74) is 3.63. The van der Waals surface area contributed by atoms with Crippen molar-refractivity contribution in [3.63, 3.8) is 0 Å². The number of hydrogen-bond acceptors (Lipinski definition) is 4. The van der Waals surface area contributed by atoms with Crippen molar-refractivity contribution in [2.24, 2.45) is 0 Å². The number of methoxy groups -OCH3 is 2. The van der Waals surface area contributed by atoms with Gasteiger partial charge in [0.1, 0.15) is 0 Å². The van der Waals surface area contributed by atoms with Gasteiger partial charge in [-0.3, -0.25) is 0 Å². The molecule has 0 fully saturated rings. The average molecular weight is 370 g/mol. The number of rotatable bonds is 5. The largest absolute Gasteiger partial charge is 0.493 e. The number of benzene rings is 1. The molecule has 1 atom stereocenters. The lowest BCUT2D eigenvalue weighted by atomic mass is 9.99. The van der Waals surface area contributed by atoms with Gasteiger partial charge in [0.2, 0.25) is 0 Å². The first-order valence-corrected chi connectivity index (χ1v) is 8.28. The van der Waals surface area contributed by atoms with Crippen LogP contribution < -0.4 is 14.8 Å². The summed E-state index contributed by atoms with van der Waals surface area (Å²) in [5.74, 6) is 1.52. The molecule has 5 heteroatoms. The van der Waals surface area contributed by atoms with Crippen molar-refractivity contribution in [3.8, 4) is 11.5 Å². The van der Waals surface area contributed by atoms with Crippen LogP contribution in [0.3, 0.4) is 0 Å². The molecule has 1 heterocycles. The molecule has 0 aliphatic rings. The van der Waals surface area contributed by atoms with Crippen molar-refractivity contribution in [2.45, 2.75) is 19.9 Å². The molecular weight excluding hydrogens is 350 g/mol. The molecule has 0 aliphatic carbocycles. The molecule has 0 saturated heterocycles. The Hall–Kier alpha value is -1.04. The van der Waals surface area contributed by atoms with E-state index in [0.717, 1.165) is 11.5 Å². The van der Waals surface area contributed by atoms with E-state index < -0.39 is 0 Å². The van der Waals surface area contributed by atoms with E-state index in [1.807, 2.05) is 13.1 Å². The summed E-state index contributed by atoms with van der Waals surface area (Å²) < 4.78 is 12.0. The summed E-state index contributed by atoms with van der Waals surface area (Å²) >= 11 is 5.36. The van der Waals surface area contributed by atoms with Crippen LogP contribution in [0.5, 0.6) is 11.5 Å². The summed E-state index contributed by atoms with van der Waals surface area (Å²) in [6, 6.07) is 6.43. The number of nitrogens with one attached hydrogen (secondary N) is 1. The molecule has 2 rings (SSSR count). The molecule has 1 unspecified atom stereocenters. The monoisotopic (exact) mass is 369 g/mol. The first-order chi connectivity index (χ1) is 10.0. The lowest BCUT2D eigenvalue weighted by molar-refractivity contribution is 0.354. The van der Waals surface area contributed by atoms with Crippen molar-refractivity contribution in [3.05, 3.63) is 43.6 Å². The number of aryl methyl sites for hydroxylation is 2. The number of ether oxygens (including phenoxy) is 2. The van der Waals surface area contributed by atoms with Crippen LogP contribution in [-0.4, -0.2) is 21.3 Å². The molecule has 0 bridgehead atoms. The zero-order chi connectivity index (χ0) is 15.6. The fourth-order valence-electron chi connectivity index (χ4n) is 2.38. The van der Waals surface area contributed by atoms with E-state index in [0.29, 0.717) is 0 Å². The van der Waals surface area contributed by atoms with Crippen LogP contribution in [0, 0.1) is 13.8 Å². The summed E-state index contributed by atoms with van der Waals surface area (Å²) in [5, 5.41) is 3.40. The molecule has 21 heavy (non-hydrogen) atoms. The van der Waals surface area contributed by atoms with E-state index >= 15 is 0 Å². The summed E-state index contributed by atoms with van der Waals surface area (Å²) in [6.07, 6.45) is 0. The van der Waals surface area contributed by atoms with Gasteiger partial charge in [-0.1, -0.05) is 0 Å². The van der Waals surface area contributed by atoms with Crippen LogP contribution in [0.2, 0.25) is 0 Å². The summed E-state index contributed by atoms with van der Waals surface area (Å²) in [7, 11) is 5.30. The third-order valence-corrected chi connectivity index (χ3v) is 5.73. The predicted octanol–water partition coefficient (Wildman–Crippen LogP) is 4.45. The lowest BCUT2D eigenvalue weighted by Crippen LogP contribution is -2.17. The zero-order valence-electron chi connectivity index (χ0n) is 12.9. The van der Waals surface area contributed by atoms with Crippen molar-refractivity contribution in [1.82, 2.24) is 5.32 Å². The maximum absolute atomic E-state index is 5.43. The standard InChI is InChI=1S/C16H20BrNO2S/c1-9-6-12(19-4)13(20-5)8-11(9)15(18-3)14-7-10(2)16(17)21-14/h6-8,15,18H,1-5H3. The van der Waals surface area contributed by atoms with Crippen molar-refractivity contribution in [1.29, 1.82) is 0 Å². The molecule has 0 radical (unpaired) electrons. The molecule has 0 aliphatic heterocycles. The third-order valence-electron chi connectivity index (χ3n) is 3.53. The first kappa shape index (κ1) is 16.3. The van der Waals surface area contributed by atoms with E-state index in [1.165, 1.54) is 25.4 Å². The van der Waals surface area contributed by atoms with Gasteiger partial charge in [-0.25, -0.2) is 0 Å². The molecule has 1 N–H and O–H groups in total. The van der Waals surface area contributed by atoms with Gasteiger partial charge >= 0.3 is 0 Å². The Balaban J connectivity index is 2.51. The third kappa shape index (κ3) is 3.25. The Labute approximate surface area is 138 Å². The second-order valence-corrected chi connectivity index (χ2v) is 7.29. The first-order valence-electron chi connectivity index (χ1n) is 6.67. The van der Waals surface area contributed by atoms with Gasteiger partial charge in [0.25, 0.3) is 0 Å². The molecule has 0 amide bonds. The van der Waals surface area contributed by atoms with Crippen molar-refractivity contribution >= 4 is 27.3 Å². The second kappa shape index (κ2) is 6.81. The van der Waals surface area contributed by atoms with Crippen LogP contribution in [-0.2, 0) is 0 Å².